The van der Waals surface area contributed by atoms with Crippen molar-refractivity contribution in [2.75, 3.05) is 37.7 Å². The van der Waals surface area contributed by atoms with Gasteiger partial charge in [0, 0.05) is 37.4 Å². The summed E-state index contributed by atoms with van der Waals surface area (Å²) in [6, 6.07) is 2.00. The molecule has 2 aliphatic heterocycles. The Labute approximate surface area is 210 Å². The number of anilines is 1. The van der Waals surface area contributed by atoms with Crippen molar-refractivity contribution < 1.29 is 21.9 Å². The van der Waals surface area contributed by atoms with Crippen LogP contribution in [0.5, 0.6) is 0 Å². The smallest absolute Gasteiger partial charge is 0.291 e. The van der Waals surface area contributed by atoms with Crippen molar-refractivity contribution >= 4 is 32.7 Å². The maximum Gasteiger partial charge on any atom is 0.291 e. The molecular weight excluding hydrogens is 514 g/mol. The van der Waals surface area contributed by atoms with E-state index < -0.39 is 27.0 Å². The molecule has 0 amide bonds. The van der Waals surface area contributed by atoms with Gasteiger partial charge in [0.25, 0.3) is 6.43 Å². The van der Waals surface area contributed by atoms with Gasteiger partial charge in [-0.15, -0.1) is 20.4 Å². The highest BCUT2D eigenvalue weighted by molar-refractivity contribution is 7.89. The number of hydrogen-bond donors (Lipinski definition) is 1. The van der Waals surface area contributed by atoms with Crippen LogP contribution in [0.25, 0.3) is 16.5 Å². The van der Waals surface area contributed by atoms with Crippen molar-refractivity contribution in [1.29, 1.82) is 0 Å². The second-order valence-electron chi connectivity index (χ2n) is 9.91. The first kappa shape index (κ1) is 24.0. The number of ether oxygens (including phenoxy) is 1. The lowest BCUT2D eigenvalue weighted by Crippen LogP contribution is -2.62. The minimum absolute atomic E-state index is 0.0488. The van der Waals surface area contributed by atoms with Crippen LogP contribution in [0.3, 0.4) is 0 Å². The third kappa shape index (κ3) is 4.26. The fourth-order valence-electron chi connectivity index (χ4n) is 4.92. The lowest BCUT2D eigenvalue weighted by Gasteiger charge is -2.48. The second-order valence-corrected chi connectivity index (χ2v) is 12.6. The van der Waals surface area contributed by atoms with Gasteiger partial charge < -0.3 is 9.64 Å². The van der Waals surface area contributed by atoms with E-state index in [4.69, 9.17) is 4.74 Å². The third-order valence-corrected chi connectivity index (χ3v) is 9.60. The minimum Gasteiger partial charge on any atom is -0.378 e. The van der Waals surface area contributed by atoms with E-state index >= 15 is 0 Å². The zero-order valence-electron chi connectivity index (χ0n) is 19.8. The molecule has 194 valence electrons. The Balaban J connectivity index is 1.47. The average Bonchev–Trinajstić information content (AvgIpc) is 3.23. The molecule has 0 spiro atoms. The van der Waals surface area contributed by atoms with Gasteiger partial charge in [-0.2, -0.15) is 0 Å². The van der Waals surface area contributed by atoms with Gasteiger partial charge in [0.2, 0.25) is 10.0 Å². The summed E-state index contributed by atoms with van der Waals surface area (Å²) in [5.41, 5.74) is 0.565. The summed E-state index contributed by atoms with van der Waals surface area (Å²) >= 11 is 0.706. The first-order valence-corrected chi connectivity index (χ1v) is 14.1. The summed E-state index contributed by atoms with van der Waals surface area (Å²) in [4.78, 5) is 4.57. The molecule has 1 aliphatic carbocycles. The van der Waals surface area contributed by atoms with Gasteiger partial charge in [-0.3, -0.25) is 9.30 Å². The highest BCUT2D eigenvalue weighted by atomic mass is 32.2. The normalized spacial score (nSPS) is 24.4. The summed E-state index contributed by atoms with van der Waals surface area (Å²) in [6.07, 6.45) is 0.194. The van der Waals surface area contributed by atoms with E-state index in [-0.39, 0.29) is 27.8 Å². The number of alkyl halides is 2. The van der Waals surface area contributed by atoms with Gasteiger partial charge in [-0.1, -0.05) is 11.3 Å². The standard InChI is InChI=1S/C21H26F2N8O3S2/c1-12-8-29(9-13-11-34-6-5-30(12)13)15-7-14(36(32,33)28-21(2)3-4-21)10-31-17(15)24-25-18(31)20-27-26-19(35-20)16(22)23/h7,10,12-13,16,28H,3-6,8-9,11H2,1-2H3/t12-,13+/m0/s1. The molecule has 2 atom stereocenters. The highest BCUT2D eigenvalue weighted by Crippen LogP contribution is 2.37. The van der Waals surface area contributed by atoms with Crippen LogP contribution in [0, 0.1) is 0 Å². The molecule has 3 aliphatic rings. The molecule has 1 saturated carbocycles. The summed E-state index contributed by atoms with van der Waals surface area (Å²) in [6.45, 7) is 7.44. The van der Waals surface area contributed by atoms with Gasteiger partial charge in [0.15, 0.2) is 21.5 Å². The van der Waals surface area contributed by atoms with Crippen molar-refractivity contribution in [3.05, 3.63) is 17.3 Å². The van der Waals surface area contributed by atoms with E-state index in [0.717, 1.165) is 19.4 Å². The zero-order chi connectivity index (χ0) is 25.2. The molecule has 36 heavy (non-hydrogen) atoms. The van der Waals surface area contributed by atoms with E-state index in [0.29, 0.717) is 49.0 Å². The van der Waals surface area contributed by atoms with Crippen molar-refractivity contribution in [1.82, 2.24) is 34.4 Å². The SMILES string of the molecule is C[C@H]1CN(c2cc(S(=O)(=O)NC3(C)CC3)cn3c(-c4nnc(C(F)F)s4)nnc23)C[C@@H]2COCCN21. The number of nitrogens with zero attached hydrogens (tertiary/aromatic N) is 7. The fourth-order valence-corrected chi connectivity index (χ4v) is 7.08. The van der Waals surface area contributed by atoms with Crippen molar-refractivity contribution in [3.63, 3.8) is 0 Å². The molecule has 0 radical (unpaired) electrons. The summed E-state index contributed by atoms with van der Waals surface area (Å²) in [5, 5.41) is 15.6. The summed E-state index contributed by atoms with van der Waals surface area (Å²) in [7, 11) is -3.87. The number of nitrogens with one attached hydrogen (secondary N) is 1. The van der Waals surface area contributed by atoms with Crippen LogP contribution < -0.4 is 9.62 Å². The minimum atomic E-state index is -3.87. The Hall–Kier alpha value is -2.33. The fraction of sp³-hybridized carbons (Fsp3) is 0.619. The number of morpholine rings is 1. The molecule has 11 nitrogen and oxygen atoms in total. The number of piperazine rings is 1. The first-order valence-electron chi connectivity index (χ1n) is 11.8. The van der Waals surface area contributed by atoms with E-state index in [2.05, 4.69) is 41.8 Å². The van der Waals surface area contributed by atoms with Gasteiger partial charge in [0.05, 0.1) is 24.9 Å². The molecule has 3 fully saturated rings. The van der Waals surface area contributed by atoms with Crippen molar-refractivity contribution in [2.45, 2.75) is 55.6 Å². The van der Waals surface area contributed by atoms with E-state index in [1.165, 1.54) is 10.6 Å². The molecule has 6 rings (SSSR count). The Morgan fingerprint density at radius 3 is 2.75 bits per heavy atom. The van der Waals surface area contributed by atoms with Crippen LogP contribution in [0.1, 0.15) is 38.1 Å². The van der Waals surface area contributed by atoms with E-state index in [1.807, 2.05) is 6.92 Å². The van der Waals surface area contributed by atoms with Crippen LogP contribution in [0.4, 0.5) is 14.5 Å². The van der Waals surface area contributed by atoms with Gasteiger partial charge in [0.1, 0.15) is 4.90 Å². The Kier molecular flexibility index (Phi) is 5.75. The van der Waals surface area contributed by atoms with Crippen LogP contribution in [-0.2, 0) is 14.8 Å². The molecule has 2 saturated heterocycles. The molecule has 3 aromatic rings. The van der Waals surface area contributed by atoms with Crippen molar-refractivity contribution in [3.8, 4) is 10.8 Å². The molecular formula is C21H26F2N8O3S2. The molecule has 0 aromatic carbocycles. The Morgan fingerprint density at radius 2 is 2.03 bits per heavy atom. The monoisotopic (exact) mass is 540 g/mol. The summed E-state index contributed by atoms with van der Waals surface area (Å²) < 4.78 is 63.1. The first-order chi connectivity index (χ1) is 17.1. The third-order valence-electron chi connectivity index (χ3n) is 7.07. The van der Waals surface area contributed by atoms with Gasteiger partial charge in [-0.05, 0) is 32.8 Å². The number of sulfonamides is 1. The predicted molar refractivity (Wildman–Crippen MR) is 128 cm³/mol. The van der Waals surface area contributed by atoms with Crippen LogP contribution in [-0.4, -0.2) is 88.6 Å². The number of rotatable bonds is 6. The lowest BCUT2D eigenvalue weighted by atomic mass is 10.1. The maximum atomic E-state index is 13.4. The van der Waals surface area contributed by atoms with E-state index in [1.54, 1.807) is 6.07 Å². The molecule has 5 heterocycles. The predicted octanol–water partition coefficient (Wildman–Crippen LogP) is 1.93. The average molecular weight is 541 g/mol. The second kappa shape index (κ2) is 8.62. The van der Waals surface area contributed by atoms with E-state index in [9.17, 15) is 17.2 Å². The largest absolute Gasteiger partial charge is 0.378 e. The number of hydrogen-bond acceptors (Lipinski definition) is 10. The van der Waals surface area contributed by atoms with Gasteiger partial charge in [-0.25, -0.2) is 21.9 Å². The Morgan fingerprint density at radius 1 is 1.22 bits per heavy atom. The maximum absolute atomic E-state index is 13.4. The number of pyridine rings is 1. The molecule has 0 bridgehead atoms. The van der Waals surface area contributed by atoms with Crippen molar-refractivity contribution in [2.24, 2.45) is 0 Å². The molecule has 3 aromatic heterocycles. The van der Waals surface area contributed by atoms with Crippen LogP contribution in [0.15, 0.2) is 17.2 Å². The molecule has 15 heteroatoms. The zero-order valence-corrected chi connectivity index (χ0v) is 21.4. The Bertz CT molecular complexity index is 1410. The van der Waals surface area contributed by atoms with Crippen LogP contribution >= 0.6 is 11.3 Å². The highest BCUT2D eigenvalue weighted by Gasteiger charge is 2.42. The quantitative estimate of drug-likeness (QED) is 0.500. The topological polar surface area (TPSA) is 118 Å². The summed E-state index contributed by atoms with van der Waals surface area (Å²) in [5.74, 6) is 0.165. The number of halogens is 2. The number of fused-ring (bicyclic) bond motifs is 2. The molecule has 1 N–H and O–H groups in total. The van der Waals surface area contributed by atoms with Gasteiger partial charge >= 0.3 is 0 Å². The lowest BCUT2D eigenvalue weighted by molar-refractivity contribution is -0.0317. The number of aromatic nitrogens is 5. The molecule has 0 unspecified atom stereocenters. The van der Waals surface area contributed by atoms with Crippen LogP contribution in [0.2, 0.25) is 0 Å².